The number of piperazine rings is 1. The molecule has 1 aromatic heterocycles. The fraction of sp³-hybridized carbons (Fsp3) is 0.667. The normalized spacial score (nSPS) is 20.2. The van der Waals surface area contributed by atoms with Gasteiger partial charge in [-0.2, -0.15) is 11.3 Å². The molecule has 1 N–H and O–H groups in total. The van der Waals surface area contributed by atoms with Crippen LogP contribution in [0, 0.1) is 5.92 Å². The molecule has 0 radical (unpaired) electrons. The lowest BCUT2D eigenvalue weighted by atomic mass is 9.97. The monoisotopic (exact) mass is 428 g/mol. The second-order valence-corrected chi connectivity index (χ2v) is 10.1. The molecule has 2 amide bonds. The Labute approximate surface area is 170 Å². The lowest BCUT2D eigenvalue weighted by Crippen LogP contribution is -2.50. The smallest absolute Gasteiger partial charge is 0.254 e. The van der Waals surface area contributed by atoms with Gasteiger partial charge in [0, 0.05) is 63.7 Å². The van der Waals surface area contributed by atoms with Crippen LogP contribution in [-0.4, -0.2) is 93.0 Å². The third kappa shape index (κ3) is 5.53. The van der Waals surface area contributed by atoms with E-state index in [2.05, 4.69) is 10.2 Å². The summed E-state index contributed by atoms with van der Waals surface area (Å²) in [5.74, 6) is -0.00728. The number of piperidine rings is 1. The molecule has 0 aromatic carbocycles. The van der Waals surface area contributed by atoms with Crippen LogP contribution in [0.5, 0.6) is 0 Å². The van der Waals surface area contributed by atoms with Crippen molar-refractivity contribution < 1.29 is 18.0 Å². The second-order valence-electron chi connectivity index (χ2n) is 7.37. The molecule has 3 heterocycles. The SMILES string of the molecule is CS(=O)(=O)N1CCC(C(=O)NCCN2CCN(C(=O)c3ccsc3)CC2)CC1. The summed E-state index contributed by atoms with van der Waals surface area (Å²) in [6.45, 7) is 5.17. The molecule has 2 aliphatic rings. The van der Waals surface area contributed by atoms with E-state index in [1.807, 2.05) is 21.7 Å². The molecule has 0 saturated carbocycles. The highest BCUT2D eigenvalue weighted by molar-refractivity contribution is 7.88. The highest BCUT2D eigenvalue weighted by Crippen LogP contribution is 2.19. The first-order chi connectivity index (χ1) is 13.3. The maximum Gasteiger partial charge on any atom is 0.254 e. The van der Waals surface area contributed by atoms with E-state index in [0.29, 0.717) is 45.6 Å². The van der Waals surface area contributed by atoms with Crippen LogP contribution in [-0.2, 0) is 14.8 Å². The van der Waals surface area contributed by atoms with Crippen molar-refractivity contribution in [3.05, 3.63) is 22.4 Å². The Morgan fingerprint density at radius 1 is 1.14 bits per heavy atom. The van der Waals surface area contributed by atoms with Crippen LogP contribution in [0.1, 0.15) is 23.2 Å². The van der Waals surface area contributed by atoms with Gasteiger partial charge in [0.15, 0.2) is 0 Å². The third-order valence-corrected chi connectivity index (χ3v) is 7.44. The van der Waals surface area contributed by atoms with Crippen molar-refractivity contribution in [3.8, 4) is 0 Å². The molecule has 1 aromatic rings. The van der Waals surface area contributed by atoms with Gasteiger partial charge in [0.25, 0.3) is 5.91 Å². The van der Waals surface area contributed by atoms with Gasteiger partial charge in [-0.05, 0) is 24.3 Å². The third-order valence-electron chi connectivity index (χ3n) is 5.45. The quantitative estimate of drug-likeness (QED) is 0.704. The van der Waals surface area contributed by atoms with Gasteiger partial charge in [0.1, 0.15) is 0 Å². The van der Waals surface area contributed by atoms with Crippen molar-refractivity contribution in [1.82, 2.24) is 19.4 Å². The molecular formula is C18H28N4O4S2. The topological polar surface area (TPSA) is 90.0 Å². The molecule has 3 rings (SSSR count). The first-order valence-corrected chi connectivity index (χ1v) is 12.4. The molecule has 2 fully saturated rings. The first kappa shape index (κ1) is 21.2. The number of nitrogens with one attached hydrogen (secondary N) is 1. The van der Waals surface area contributed by atoms with Gasteiger partial charge in [-0.25, -0.2) is 12.7 Å². The summed E-state index contributed by atoms with van der Waals surface area (Å²) in [4.78, 5) is 28.8. The number of sulfonamides is 1. The number of thiophene rings is 1. The zero-order valence-electron chi connectivity index (χ0n) is 16.2. The Bertz CT molecular complexity index is 766. The molecule has 0 bridgehead atoms. The molecule has 0 spiro atoms. The van der Waals surface area contributed by atoms with E-state index in [9.17, 15) is 18.0 Å². The molecule has 156 valence electrons. The van der Waals surface area contributed by atoms with Crippen LogP contribution in [0.2, 0.25) is 0 Å². The van der Waals surface area contributed by atoms with Crippen LogP contribution in [0.3, 0.4) is 0 Å². The molecule has 0 aliphatic carbocycles. The predicted molar refractivity (Wildman–Crippen MR) is 109 cm³/mol. The van der Waals surface area contributed by atoms with Crippen molar-refractivity contribution in [2.75, 3.05) is 58.6 Å². The Balaban J connectivity index is 1.33. The predicted octanol–water partition coefficient (Wildman–Crippen LogP) is 0.294. The number of hydrogen-bond donors (Lipinski definition) is 1. The number of carbonyl (C=O) groups excluding carboxylic acids is 2. The van der Waals surface area contributed by atoms with Crippen molar-refractivity contribution in [2.45, 2.75) is 12.8 Å². The maximum absolute atomic E-state index is 12.3. The first-order valence-electron chi connectivity index (χ1n) is 9.61. The fourth-order valence-corrected chi connectivity index (χ4v) is 5.18. The van der Waals surface area contributed by atoms with Crippen LogP contribution in [0.4, 0.5) is 0 Å². The van der Waals surface area contributed by atoms with E-state index >= 15 is 0 Å². The zero-order chi connectivity index (χ0) is 20.1. The van der Waals surface area contributed by atoms with E-state index < -0.39 is 10.0 Å². The summed E-state index contributed by atoms with van der Waals surface area (Å²) < 4.78 is 24.5. The molecule has 2 aliphatic heterocycles. The van der Waals surface area contributed by atoms with Gasteiger partial charge in [0.05, 0.1) is 11.8 Å². The Morgan fingerprint density at radius 3 is 2.39 bits per heavy atom. The highest BCUT2D eigenvalue weighted by Gasteiger charge is 2.29. The molecule has 28 heavy (non-hydrogen) atoms. The summed E-state index contributed by atoms with van der Waals surface area (Å²) in [6.07, 6.45) is 2.35. The summed E-state index contributed by atoms with van der Waals surface area (Å²) in [6, 6.07) is 1.86. The number of nitrogens with zero attached hydrogens (tertiary/aromatic N) is 3. The van der Waals surface area contributed by atoms with Crippen molar-refractivity contribution in [2.24, 2.45) is 5.92 Å². The van der Waals surface area contributed by atoms with E-state index in [4.69, 9.17) is 0 Å². The highest BCUT2D eigenvalue weighted by atomic mass is 32.2. The van der Waals surface area contributed by atoms with Gasteiger partial charge >= 0.3 is 0 Å². The van der Waals surface area contributed by atoms with E-state index in [0.717, 1.165) is 25.2 Å². The maximum atomic E-state index is 12.3. The molecule has 10 heteroatoms. The zero-order valence-corrected chi connectivity index (χ0v) is 17.8. The largest absolute Gasteiger partial charge is 0.355 e. The minimum absolute atomic E-state index is 0.0134. The Kier molecular flexibility index (Phi) is 7.08. The van der Waals surface area contributed by atoms with Gasteiger partial charge in [0.2, 0.25) is 15.9 Å². The summed E-state index contributed by atoms with van der Waals surface area (Å²) in [5, 5.41) is 6.78. The van der Waals surface area contributed by atoms with Crippen LogP contribution in [0.15, 0.2) is 16.8 Å². The van der Waals surface area contributed by atoms with Gasteiger partial charge in [-0.1, -0.05) is 0 Å². The van der Waals surface area contributed by atoms with Gasteiger partial charge in [-0.15, -0.1) is 0 Å². The molecule has 2 saturated heterocycles. The summed E-state index contributed by atoms with van der Waals surface area (Å²) in [5.41, 5.74) is 0.757. The molecule has 0 atom stereocenters. The standard InChI is InChI=1S/C18H28N4O4S2/c1-28(25,26)22-6-2-15(3-7-22)17(23)19-5-8-20-9-11-21(12-10-20)18(24)16-4-13-27-14-16/h4,13-15H,2-3,5-12H2,1H3,(H,19,23). The van der Waals surface area contributed by atoms with Crippen LogP contribution in [0.25, 0.3) is 0 Å². The molecular weight excluding hydrogens is 400 g/mol. The average molecular weight is 429 g/mol. The minimum Gasteiger partial charge on any atom is -0.355 e. The lowest BCUT2D eigenvalue weighted by molar-refractivity contribution is -0.126. The average Bonchev–Trinajstić information content (AvgIpc) is 3.22. The second kappa shape index (κ2) is 9.34. The summed E-state index contributed by atoms with van der Waals surface area (Å²) in [7, 11) is -3.16. The van der Waals surface area contributed by atoms with Crippen LogP contribution < -0.4 is 5.32 Å². The number of carbonyl (C=O) groups is 2. The Hall–Kier alpha value is -1.49. The number of rotatable bonds is 6. The fourth-order valence-electron chi connectivity index (χ4n) is 3.67. The number of hydrogen-bond acceptors (Lipinski definition) is 6. The van der Waals surface area contributed by atoms with E-state index in [-0.39, 0.29) is 17.7 Å². The van der Waals surface area contributed by atoms with Crippen molar-refractivity contribution in [1.29, 1.82) is 0 Å². The molecule has 8 nitrogen and oxygen atoms in total. The minimum atomic E-state index is -3.16. The van der Waals surface area contributed by atoms with Crippen molar-refractivity contribution in [3.63, 3.8) is 0 Å². The van der Waals surface area contributed by atoms with E-state index in [1.54, 1.807) is 0 Å². The molecule has 0 unspecified atom stereocenters. The van der Waals surface area contributed by atoms with Gasteiger partial charge in [-0.3, -0.25) is 14.5 Å². The van der Waals surface area contributed by atoms with Crippen molar-refractivity contribution >= 4 is 33.2 Å². The van der Waals surface area contributed by atoms with Gasteiger partial charge < -0.3 is 10.2 Å². The Morgan fingerprint density at radius 2 is 1.82 bits per heavy atom. The van der Waals surface area contributed by atoms with E-state index in [1.165, 1.54) is 21.9 Å². The van der Waals surface area contributed by atoms with Crippen LogP contribution >= 0.6 is 11.3 Å². The number of amides is 2. The lowest BCUT2D eigenvalue weighted by Gasteiger charge is -2.35. The summed E-state index contributed by atoms with van der Waals surface area (Å²) >= 11 is 1.53.